The second kappa shape index (κ2) is 6.46. The molecule has 0 atom stereocenters. The van der Waals surface area contributed by atoms with Crippen LogP contribution in [0.15, 0.2) is 15.4 Å². The number of rotatable bonds is 2. The molecule has 4 rings (SSSR count). The number of aryl methyl sites for hydroxylation is 2. The van der Waals surface area contributed by atoms with Gasteiger partial charge in [-0.1, -0.05) is 5.16 Å². The molecule has 1 saturated heterocycles. The topological polar surface area (TPSA) is 92.1 Å². The Bertz CT molecular complexity index is 846. The molecular formula is C18H22N4O3. The molecule has 3 heterocycles. The first-order valence-corrected chi connectivity index (χ1v) is 8.96. The van der Waals surface area contributed by atoms with Crippen LogP contribution < -0.4 is 5.56 Å². The summed E-state index contributed by atoms with van der Waals surface area (Å²) in [4.78, 5) is 33.4. The van der Waals surface area contributed by atoms with E-state index < -0.39 is 0 Å². The predicted molar refractivity (Wildman–Crippen MR) is 90.6 cm³/mol. The summed E-state index contributed by atoms with van der Waals surface area (Å²) in [7, 11) is 0. The van der Waals surface area contributed by atoms with Crippen molar-refractivity contribution in [1.82, 2.24) is 20.0 Å². The molecule has 7 nitrogen and oxygen atoms in total. The van der Waals surface area contributed by atoms with E-state index in [4.69, 9.17) is 4.52 Å². The predicted octanol–water partition coefficient (Wildman–Crippen LogP) is 1.96. The first-order valence-electron chi connectivity index (χ1n) is 8.96. The van der Waals surface area contributed by atoms with E-state index in [1.54, 1.807) is 13.0 Å². The molecule has 1 aliphatic heterocycles. The highest BCUT2D eigenvalue weighted by Gasteiger charge is 2.31. The summed E-state index contributed by atoms with van der Waals surface area (Å²) >= 11 is 0. The minimum Gasteiger partial charge on any atom is -0.350 e. The lowest BCUT2D eigenvalue weighted by Gasteiger charge is -2.31. The highest BCUT2D eigenvalue weighted by Crippen LogP contribution is 2.29. The Morgan fingerprint density at radius 2 is 2.04 bits per heavy atom. The van der Waals surface area contributed by atoms with E-state index in [2.05, 4.69) is 15.1 Å². The molecule has 0 spiro atoms. The van der Waals surface area contributed by atoms with E-state index in [9.17, 15) is 9.59 Å². The van der Waals surface area contributed by atoms with E-state index >= 15 is 0 Å². The zero-order valence-electron chi connectivity index (χ0n) is 14.4. The first kappa shape index (κ1) is 16.1. The standard InChI is InChI=1S/C18H22N4O3/c1-11-19-15(10-16(23)20-11)12-6-8-22(9-7-12)18(24)17-13-4-2-3-5-14(13)21-25-17/h10,12H,2-9H2,1H3,(H,19,20,23). The van der Waals surface area contributed by atoms with Gasteiger partial charge in [-0.25, -0.2) is 4.98 Å². The van der Waals surface area contributed by atoms with Gasteiger partial charge in [-0.15, -0.1) is 0 Å². The number of hydrogen-bond donors (Lipinski definition) is 1. The average Bonchev–Trinajstić information content (AvgIpc) is 3.04. The number of H-pyrrole nitrogens is 1. The van der Waals surface area contributed by atoms with Crippen LogP contribution in [0.2, 0.25) is 0 Å². The monoisotopic (exact) mass is 342 g/mol. The van der Waals surface area contributed by atoms with Crippen LogP contribution >= 0.6 is 0 Å². The average molecular weight is 342 g/mol. The highest BCUT2D eigenvalue weighted by molar-refractivity contribution is 5.93. The molecule has 0 aromatic carbocycles. The van der Waals surface area contributed by atoms with Crippen molar-refractivity contribution >= 4 is 5.91 Å². The SMILES string of the molecule is Cc1nc(C2CCN(C(=O)c3onc4c3CCCC4)CC2)cc(=O)[nH]1. The highest BCUT2D eigenvalue weighted by atomic mass is 16.5. The van der Waals surface area contributed by atoms with E-state index in [0.29, 0.717) is 24.7 Å². The van der Waals surface area contributed by atoms with Gasteiger partial charge in [0.1, 0.15) is 5.82 Å². The van der Waals surface area contributed by atoms with E-state index in [1.165, 1.54) is 0 Å². The van der Waals surface area contributed by atoms with Gasteiger partial charge in [0.05, 0.1) is 11.4 Å². The molecule has 7 heteroatoms. The number of hydrogen-bond acceptors (Lipinski definition) is 5. The number of carbonyl (C=O) groups excluding carboxylic acids is 1. The van der Waals surface area contributed by atoms with Gasteiger partial charge in [0.2, 0.25) is 5.76 Å². The largest absolute Gasteiger partial charge is 0.350 e. The van der Waals surface area contributed by atoms with Crippen molar-refractivity contribution in [2.45, 2.75) is 51.4 Å². The van der Waals surface area contributed by atoms with Crippen LogP contribution in [0.4, 0.5) is 0 Å². The lowest BCUT2D eigenvalue weighted by Crippen LogP contribution is -2.38. The van der Waals surface area contributed by atoms with Gasteiger partial charge in [-0.2, -0.15) is 0 Å². The number of nitrogens with zero attached hydrogens (tertiary/aromatic N) is 3. The number of amides is 1. The van der Waals surface area contributed by atoms with E-state index in [-0.39, 0.29) is 17.4 Å². The molecule has 2 aliphatic rings. The minimum absolute atomic E-state index is 0.0517. The number of aromatic amines is 1. The molecule has 0 saturated carbocycles. The fourth-order valence-electron chi connectivity index (χ4n) is 3.89. The smallest absolute Gasteiger partial charge is 0.292 e. The van der Waals surface area contributed by atoms with Gasteiger partial charge in [-0.05, 0) is 45.4 Å². The molecule has 1 amide bonds. The molecule has 25 heavy (non-hydrogen) atoms. The Balaban J connectivity index is 1.46. The van der Waals surface area contributed by atoms with Crippen LogP contribution in [0.1, 0.15) is 64.9 Å². The maximum atomic E-state index is 12.8. The molecule has 0 radical (unpaired) electrons. The zero-order valence-corrected chi connectivity index (χ0v) is 14.4. The van der Waals surface area contributed by atoms with Crippen LogP contribution in [0, 0.1) is 6.92 Å². The summed E-state index contributed by atoms with van der Waals surface area (Å²) in [5.74, 6) is 1.23. The summed E-state index contributed by atoms with van der Waals surface area (Å²) in [6, 6.07) is 1.57. The van der Waals surface area contributed by atoms with Crippen molar-refractivity contribution in [1.29, 1.82) is 0 Å². The number of fused-ring (bicyclic) bond motifs is 1. The molecule has 0 bridgehead atoms. The minimum atomic E-state index is -0.116. The van der Waals surface area contributed by atoms with Crippen LogP contribution in [-0.2, 0) is 12.8 Å². The van der Waals surface area contributed by atoms with Gasteiger partial charge in [-0.3, -0.25) is 9.59 Å². The van der Waals surface area contributed by atoms with Crippen molar-refractivity contribution in [3.05, 3.63) is 45.0 Å². The van der Waals surface area contributed by atoms with E-state index in [1.807, 2.05) is 4.90 Å². The van der Waals surface area contributed by atoms with Crippen molar-refractivity contribution in [2.24, 2.45) is 0 Å². The lowest BCUT2D eigenvalue weighted by atomic mass is 9.92. The van der Waals surface area contributed by atoms with Gasteiger partial charge >= 0.3 is 0 Å². The molecule has 2 aromatic rings. The van der Waals surface area contributed by atoms with Crippen molar-refractivity contribution in [3.63, 3.8) is 0 Å². The van der Waals surface area contributed by atoms with Gasteiger partial charge in [0.15, 0.2) is 0 Å². The fraction of sp³-hybridized carbons (Fsp3) is 0.556. The van der Waals surface area contributed by atoms with Gasteiger partial charge in [0.25, 0.3) is 11.5 Å². The molecule has 2 aromatic heterocycles. The number of piperidine rings is 1. The van der Waals surface area contributed by atoms with Gasteiger partial charge in [0, 0.05) is 30.6 Å². The summed E-state index contributed by atoms with van der Waals surface area (Å²) in [5.41, 5.74) is 2.66. The lowest BCUT2D eigenvalue weighted by molar-refractivity contribution is 0.0668. The summed E-state index contributed by atoms with van der Waals surface area (Å²) < 4.78 is 5.38. The van der Waals surface area contributed by atoms with Gasteiger partial charge < -0.3 is 14.4 Å². The molecule has 1 fully saturated rings. The molecule has 132 valence electrons. The molecular weight excluding hydrogens is 320 g/mol. The maximum Gasteiger partial charge on any atom is 0.292 e. The third-order valence-electron chi connectivity index (χ3n) is 5.23. The Hall–Kier alpha value is -2.44. The molecule has 0 unspecified atom stereocenters. The van der Waals surface area contributed by atoms with Crippen LogP contribution in [0.25, 0.3) is 0 Å². The van der Waals surface area contributed by atoms with Crippen LogP contribution in [0.5, 0.6) is 0 Å². The second-order valence-electron chi connectivity index (χ2n) is 6.97. The Morgan fingerprint density at radius 3 is 2.80 bits per heavy atom. The van der Waals surface area contributed by atoms with E-state index in [0.717, 1.165) is 55.5 Å². The summed E-state index contributed by atoms with van der Waals surface area (Å²) in [6.45, 7) is 3.08. The summed E-state index contributed by atoms with van der Waals surface area (Å²) in [5, 5.41) is 4.08. The van der Waals surface area contributed by atoms with Crippen molar-refractivity contribution in [2.75, 3.05) is 13.1 Å². The van der Waals surface area contributed by atoms with Crippen molar-refractivity contribution in [3.8, 4) is 0 Å². The molecule has 1 aliphatic carbocycles. The quantitative estimate of drug-likeness (QED) is 0.901. The van der Waals surface area contributed by atoms with Crippen LogP contribution in [-0.4, -0.2) is 39.0 Å². The Labute approximate surface area is 145 Å². The third-order valence-corrected chi connectivity index (χ3v) is 5.23. The first-order chi connectivity index (χ1) is 12.1. The second-order valence-corrected chi connectivity index (χ2v) is 6.97. The summed E-state index contributed by atoms with van der Waals surface area (Å²) in [6.07, 6.45) is 5.59. The maximum absolute atomic E-state index is 12.8. The molecule has 1 N–H and O–H groups in total. The normalized spacial score (nSPS) is 18.2. The zero-order chi connectivity index (χ0) is 17.4. The van der Waals surface area contributed by atoms with Crippen molar-refractivity contribution < 1.29 is 9.32 Å². The third kappa shape index (κ3) is 3.10. The Morgan fingerprint density at radius 1 is 1.28 bits per heavy atom. The van der Waals surface area contributed by atoms with Crippen LogP contribution in [0.3, 0.4) is 0 Å². The number of aromatic nitrogens is 3. The number of nitrogens with one attached hydrogen (secondary N) is 1. The number of likely N-dealkylation sites (tertiary alicyclic amines) is 1. The number of carbonyl (C=O) groups is 1. The Kier molecular flexibility index (Phi) is 4.15. The fourth-order valence-corrected chi connectivity index (χ4v) is 3.89.